The molecule has 0 unspecified atom stereocenters. The van der Waals surface area contributed by atoms with E-state index in [0.717, 1.165) is 24.7 Å². The summed E-state index contributed by atoms with van der Waals surface area (Å²) >= 11 is 0. The lowest BCUT2D eigenvalue weighted by molar-refractivity contribution is 0.275. The van der Waals surface area contributed by atoms with E-state index in [4.69, 9.17) is 5.11 Å². The summed E-state index contributed by atoms with van der Waals surface area (Å²) in [4.78, 5) is 14.1. The van der Waals surface area contributed by atoms with Crippen LogP contribution in [0.1, 0.15) is 26.2 Å². The largest absolute Gasteiger partial charge is 0.396 e. The first-order valence-electron chi connectivity index (χ1n) is 6.63. The minimum atomic E-state index is -0.0837. The van der Waals surface area contributed by atoms with Crippen LogP contribution in [0, 0.1) is 5.92 Å². The second kappa shape index (κ2) is 6.00. The van der Waals surface area contributed by atoms with Crippen LogP contribution in [0.3, 0.4) is 0 Å². The number of aliphatic hydroxyl groups excluding tert-OH is 1. The van der Waals surface area contributed by atoms with Crippen molar-refractivity contribution < 1.29 is 5.11 Å². The van der Waals surface area contributed by atoms with Crippen molar-refractivity contribution in [3.8, 4) is 0 Å². The first-order valence-corrected chi connectivity index (χ1v) is 6.63. The fourth-order valence-electron chi connectivity index (χ4n) is 2.25. The third kappa shape index (κ3) is 3.10. The number of hydrogen-bond donors (Lipinski definition) is 1. The van der Waals surface area contributed by atoms with E-state index in [1.54, 1.807) is 12.3 Å². The summed E-state index contributed by atoms with van der Waals surface area (Å²) < 4.78 is 1.41. The molecule has 1 fully saturated rings. The molecule has 0 saturated carbocycles. The number of piperidine rings is 1. The number of anilines is 1. The quantitative estimate of drug-likeness (QED) is 0.862. The Bertz CT molecular complexity index is 436. The van der Waals surface area contributed by atoms with Crippen LogP contribution in [0.4, 0.5) is 5.69 Å². The lowest BCUT2D eigenvalue weighted by atomic mass is 9.99. The van der Waals surface area contributed by atoms with Crippen molar-refractivity contribution in [2.24, 2.45) is 5.92 Å². The van der Waals surface area contributed by atoms with E-state index in [9.17, 15) is 4.79 Å². The van der Waals surface area contributed by atoms with Crippen LogP contribution in [-0.4, -0.2) is 34.6 Å². The minimum absolute atomic E-state index is 0.0832. The highest BCUT2D eigenvalue weighted by molar-refractivity contribution is 5.43. The van der Waals surface area contributed by atoms with Gasteiger partial charge >= 0.3 is 0 Å². The van der Waals surface area contributed by atoms with Crippen LogP contribution >= 0.6 is 0 Å². The molecule has 0 aliphatic carbocycles. The van der Waals surface area contributed by atoms with Crippen molar-refractivity contribution in [3.05, 3.63) is 22.6 Å². The Morgan fingerprint density at radius 1 is 1.44 bits per heavy atom. The topological polar surface area (TPSA) is 58.4 Å². The van der Waals surface area contributed by atoms with Gasteiger partial charge in [-0.3, -0.25) is 4.79 Å². The number of aryl methyl sites for hydroxylation is 1. The van der Waals surface area contributed by atoms with Crippen LogP contribution in [-0.2, 0) is 6.54 Å². The third-order valence-corrected chi connectivity index (χ3v) is 3.53. The summed E-state index contributed by atoms with van der Waals surface area (Å²) in [7, 11) is 0. The molecule has 0 amide bonds. The summed E-state index contributed by atoms with van der Waals surface area (Å²) in [6, 6.07) is 1.65. The van der Waals surface area contributed by atoms with Gasteiger partial charge in [-0.25, -0.2) is 4.68 Å². The van der Waals surface area contributed by atoms with Gasteiger partial charge in [0.15, 0.2) is 0 Å². The van der Waals surface area contributed by atoms with E-state index in [2.05, 4.69) is 16.9 Å². The van der Waals surface area contributed by atoms with Gasteiger partial charge in [-0.15, -0.1) is 0 Å². The fourth-order valence-corrected chi connectivity index (χ4v) is 2.25. The number of nitrogens with zero attached hydrogens (tertiary/aromatic N) is 3. The molecule has 2 heterocycles. The average Bonchev–Trinajstić information content (AvgIpc) is 2.38. The second-order valence-electron chi connectivity index (χ2n) is 5.02. The molecule has 1 saturated heterocycles. The van der Waals surface area contributed by atoms with Crippen molar-refractivity contribution in [1.82, 2.24) is 9.78 Å². The van der Waals surface area contributed by atoms with Crippen molar-refractivity contribution in [2.45, 2.75) is 32.7 Å². The lowest BCUT2D eigenvalue weighted by Crippen LogP contribution is -2.34. The molecule has 100 valence electrons. The Morgan fingerprint density at radius 3 is 2.78 bits per heavy atom. The van der Waals surface area contributed by atoms with E-state index < -0.39 is 0 Å². The highest BCUT2D eigenvalue weighted by Gasteiger charge is 2.16. The molecular formula is C13H21N3O2. The van der Waals surface area contributed by atoms with Crippen LogP contribution in [0.2, 0.25) is 0 Å². The highest BCUT2D eigenvalue weighted by Crippen LogP contribution is 2.20. The molecule has 0 atom stereocenters. The molecule has 0 aromatic carbocycles. The molecule has 0 bridgehead atoms. The minimum Gasteiger partial charge on any atom is -0.396 e. The van der Waals surface area contributed by atoms with Gasteiger partial charge in [-0.05, 0) is 25.2 Å². The van der Waals surface area contributed by atoms with Gasteiger partial charge in [0, 0.05) is 32.3 Å². The van der Waals surface area contributed by atoms with Crippen molar-refractivity contribution in [1.29, 1.82) is 0 Å². The molecule has 1 N–H and O–H groups in total. The summed E-state index contributed by atoms with van der Waals surface area (Å²) in [6.45, 7) is 4.83. The Kier molecular flexibility index (Phi) is 4.36. The molecule has 0 radical (unpaired) electrons. The van der Waals surface area contributed by atoms with Crippen molar-refractivity contribution in [2.75, 3.05) is 24.6 Å². The first kappa shape index (κ1) is 13.1. The zero-order valence-electron chi connectivity index (χ0n) is 10.9. The summed E-state index contributed by atoms with van der Waals surface area (Å²) in [5, 5.41) is 12.9. The first-order chi connectivity index (χ1) is 8.70. The Balaban J connectivity index is 2.06. The van der Waals surface area contributed by atoms with E-state index in [1.807, 2.05) is 0 Å². The summed E-state index contributed by atoms with van der Waals surface area (Å²) in [6.07, 6.45) is 4.67. The predicted molar refractivity (Wildman–Crippen MR) is 70.8 cm³/mol. The third-order valence-electron chi connectivity index (χ3n) is 3.53. The monoisotopic (exact) mass is 251 g/mol. The zero-order valence-corrected chi connectivity index (χ0v) is 10.9. The molecule has 1 aromatic heterocycles. The summed E-state index contributed by atoms with van der Waals surface area (Å²) in [5.74, 6) is 0.777. The maximum atomic E-state index is 11.8. The SMILES string of the molecule is CC1CCN(c2cnn(CCCO)c(=O)c2)CC1. The standard InChI is InChI=1S/C13H21N3O2/c1-11-3-6-15(7-4-11)12-9-13(18)16(14-10-12)5-2-8-17/h9-11,17H,2-8H2,1H3. The molecule has 5 heteroatoms. The van der Waals surface area contributed by atoms with Crippen LogP contribution < -0.4 is 10.5 Å². The number of rotatable bonds is 4. The number of aliphatic hydroxyl groups is 1. The maximum absolute atomic E-state index is 11.8. The average molecular weight is 251 g/mol. The van der Waals surface area contributed by atoms with Crippen molar-refractivity contribution in [3.63, 3.8) is 0 Å². The van der Waals surface area contributed by atoms with Gasteiger partial charge in [0.05, 0.1) is 11.9 Å². The zero-order chi connectivity index (χ0) is 13.0. The fraction of sp³-hybridized carbons (Fsp3) is 0.692. The Labute approximate surface area is 107 Å². The smallest absolute Gasteiger partial charge is 0.268 e. The van der Waals surface area contributed by atoms with Gasteiger partial charge in [-0.1, -0.05) is 6.92 Å². The van der Waals surface area contributed by atoms with E-state index in [0.29, 0.717) is 13.0 Å². The Morgan fingerprint density at radius 2 is 2.17 bits per heavy atom. The van der Waals surface area contributed by atoms with Gasteiger partial charge in [0.25, 0.3) is 5.56 Å². The van der Waals surface area contributed by atoms with E-state index in [1.165, 1.54) is 17.5 Å². The van der Waals surface area contributed by atoms with Crippen LogP contribution in [0.15, 0.2) is 17.1 Å². The summed E-state index contributed by atoms with van der Waals surface area (Å²) in [5.41, 5.74) is 0.840. The molecule has 18 heavy (non-hydrogen) atoms. The maximum Gasteiger partial charge on any atom is 0.268 e. The number of aromatic nitrogens is 2. The van der Waals surface area contributed by atoms with Gasteiger partial charge in [0.2, 0.25) is 0 Å². The van der Waals surface area contributed by atoms with E-state index in [-0.39, 0.29) is 12.2 Å². The molecule has 2 rings (SSSR count). The van der Waals surface area contributed by atoms with Crippen molar-refractivity contribution >= 4 is 5.69 Å². The van der Waals surface area contributed by atoms with Crippen LogP contribution in [0.5, 0.6) is 0 Å². The van der Waals surface area contributed by atoms with Gasteiger partial charge < -0.3 is 10.0 Å². The molecule has 5 nitrogen and oxygen atoms in total. The molecule has 1 aromatic rings. The van der Waals surface area contributed by atoms with Crippen LogP contribution in [0.25, 0.3) is 0 Å². The second-order valence-corrected chi connectivity index (χ2v) is 5.02. The van der Waals surface area contributed by atoms with Gasteiger partial charge in [-0.2, -0.15) is 5.10 Å². The molecule has 1 aliphatic rings. The van der Waals surface area contributed by atoms with Gasteiger partial charge in [0.1, 0.15) is 0 Å². The number of hydrogen-bond acceptors (Lipinski definition) is 4. The molecule has 1 aliphatic heterocycles. The highest BCUT2D eigenvalue weighted by atomic mass is 16.3. The molecular weight excluding hydrogens is 230 g/mol. The lowest BCUT2D eigenvalue weighted by Gasteiger charge is -2.31. The van der Waals surface area contributed by atoms with E-state index >= 15 is 0 Å². The molecule has 0 spiro atoms. The Hall–Kier alpha value is -1.36. The normalized spacial score (nSPS) is 17.1. The predicted octanol–water partition coefficient (Wildman–Crippen LogP) is 0.862.